The first-order chi connectivity index (χ1) is 20.3. The Morgan fingerprint density at radius 1 is 1.10 bits per heavy atom. The summed E-state index contributed by atoms with van der Waals surface area (Å²) in [5.74, 6) is -0.268. The molecule has 3 aromatic rings. The predicted molar refractivity (Wildman–Crippen MR) is 168 cm³/mol. The van der Waals surface area contributed by atoms with Gasteiger partial charge >= 0.3 is 6.09 Å². The summed E-state index contributed by atoms with van der Waals surface area (Å²) in [6, 6.07) is 21.6. The van der Waals surface area contributed by atoms with Crippen LogP contribution in [0.3, 0.4) is 0 Å². The maximum absolute atomic E-state index is 13.6. The maximum Gasteiger partial charge on any atom is 0.406 e. The van der Waals surface area contributed by atoms with E-state index >= 15 is 0 Å². The summed E-state index contributed by atoms with van der Waals surface area (Å²) in [5, 5.41) is 19.2. The highest BCUT2D eigenvalue weighted by Gasteiger charge is 2.43. The first-order valence-electron chi connectivity index (χ1n) is 14.8. The van der Waals surface area contributed by atoms with Gasteiger partial charge in [-0.2, -0.15) is 0 Å². The average molecular weight is 592 g/mol. The molecule has 2 amide bonds. The highest BCUT2D eigenvalue weighted by Crippen LogP contribution is 2.45. The predicted octanol–water partition coefficient (Wildman–Crippen LogP) is 6.17. The zero-order valence-corrected chi connectivity index (χ0v) is 25.5. The SMILES string of the molecule is CCc1cccc(-c2c(Cl)cccc2C(O)(CCCNC(=O)OC)C2CCCN(C(=O)c3ccc(CNC)cc3)C2)c1. The van der Waals surface area contributed by atoms with Crippen molar-refractivity contribution in [2.24, 2.45) is 5.92 Å². The summed E-state index contributed by atoms with van der Waals surface area (Å²) in [5.41, 5.74) is 4.14. The second-order valence-corrected chi connectivity index (χ2v) is 11.4. The number of benzene rings is 3. The summed E-state index contributed by atoms with van der Waals surface area (Å²) in [6.07, 6.45) is 2.80. The lowest BCUT2D eigenvalue weighted by Gasteiger charge is -2.44. The minimum absolute atomic E-state index is 0.0348. The Bertz CT molecular complexity index is 1360. The van der Waals surface area contributed by atoms with Crippen molar-refractivity contribution in [3.05, 3.63) is 94.0 Å². The number of hydrogen-bond donors (Lipinski definition) is 3. The summed E-state index contributed by atoms with van der Waals surface area (Å²) in [7, 11) is 3.22. The molecular formula is C34H42ClN3O4. The number of amides is 2. The Labute approximate surface area is 254 Å². The van der Waals surface area contributed by atoms with Crippen molar-refractivity contribution >= 4 is 23.6 Å². The van der Waals surface area contributed by atoms with Gasteiger partial charge in [0, 0.05) is 48.2 Å². The Balaban J connectivity index is 1.69. The van der Waals surface area contributed by atoms with E-state index in [4.69, 9.17) is 16.3 Å². The van der Waals surface area contributed by atoms with Crippen LogP contribution in [0.2, 0.25) is 5.02 Å². The number of rotatable bonds is 11. The van der Waals surface area contributed by atoms with Crippen LogP contribution in [0.1, 0.15) is 59.7 Å². The molecule has 7 nitrogen and oxygen atoms in total. The molecule has 3 aromatic carbocycles. The van der Waals surface area contributed by atoms with Crippen molar-refractivity contribution in [2.75, 3.05) is 33.8 Å². The lowest BCUT2D eigenvalue weighted by atomic mass is 9.72. The second-order valence-electron chi connectivity index (χ2n) is 11.0. The van der Waals surface area contributed by atoms with Crippen molar-refractivity contribution in [1.82, 2.24) is 15.5 Å². The standard InChI is InChI=1S/C34H42ClN3O4/c1-4-24-9-5-10-27(21-24)31-29(12-6-13-30(31)35)34(41,18-8-19-37-33(40)42-3)28-11-7-20-38(23-28)32(39)26-16-14-25(15-17-26)22-36-2/h5-6,9-10,12-17,21,28,36,41H,4,7-8,11,18-20,22-23H2,1-3H3,(H,37,40). The van der Waals surface area contributed by atoms with Crippen molar-refractivity contribution in [3.8, 4) is 11.1 Å². The summed E-state index contributed by atoms with van der Waals surface area (Å²) >= 11 is 6.87. The first-order valence-corrected chi connectivity index (χ1v) is 15.1. The molecule has 8 heteroatoms. The number of hydrogen-bond acceptors (Lipinski definition) is 5. The quantitative estimate of drug-likeness (QED) is 0.232. The van der Waals surface area contributed by atoms with E-state index in [9.17, 15) is 14.7 Å². The molecule has 224 valence electrons. The van der Waals surface area contributed by atoms with Gasteiger partial charge < -0.3 is 25.4 Å². The molecule has 0 aromatic heterocycles. The van der Waals surface area contributed by atoms with Crippen LogP contribution in [-0.2, 0) is 23.3 Å². The Hall–Kier alpha value is -3.39. The van der Waals surface area contributed by atoms with Gasteiger partial charge in [-0.05, 0) is 79.6 Å². The number of alkyl carbamates (subject to hydrolysis) is 1. The third kappa shape index (κ3) is 7.33. The number of nitrogens with zero attached hydrogens (tertiary/aromatic N) is 1. The molecule has 2 unspecified atom stereocenters. The molecule has 0 bridgehead atoms. The van der Waals surface area contributed by atoms with E-state index in [0.29, 0.717) is 43.1 Å². The van der Waals surface area contributed by atoms with E-state index in [0.717, 1.165) is 48.1 Å². The normalized spacial score (nSPS) is 16.5. The molecule has 1 aliphatic rings. The van der Waals surface area contributed by atoms with E-state index in [1.54, 1.807) is 0 Å². The number of piperidine rings is 1. The minimum Gasteiger partial charge on any atom is -0.453 e. The third-order valence-electron chi connectivity index (χ3n) is 8.26. The molecule has 0 radical (unpaired) electrons. The second kappa shape index (κ2) is 14.7. The lowest BCUT2D eigenvalue weighted by Crippen LogP contribution is -2.48. The summed E-state index contributed by atoms with van der Waals surface area (Å²) in [6.45, 7) is 4.25. The number of ether oxygens (including phenoxy) is 1. The Kier molecular flexibility index (Phi) is 11.0. The van der Waals surface area contributed by atoms with E-state index in [2.05, 4.69) is 29.7 Å². The summed E-state index contributed by atoms with van der Waals surface area (Å²) < 4.78 is 4.72. The van der Waals surface area contributed by atoms with Crippen molar-refractivity contribution in [2.45, 2.75) is 51.2 Å². The highest BCUT2D eigenvalue weighted by molar-refractivity contribution is 6.33. The number of aliphatic hydroxyl groups is 1. The van der Waals surface area contributed by atoms with E-state index in [1.165, 1.54) is 12.7 Å². The van der Waals surface area contributed by atoms with Gasteiger partial charge in [0.1, 0.15) is 0 Å². The minimum atomic E-state index is -1.30. The molecule has 0 spiro atoms. The van der Waals surface area contributed by atoms with Gasteiger partial charge in [0.2, 0.25) is 0 Å². The number of carbonyl (C=O) groups is 2. The van der Waals surface area contributed by atoms with Gasteiger partial charge in [0.25, 0.3) is 5.91 Å². The van der Waals surface area contributed by atoms with Crippen LogP contribution in [0.15, 0.2) is 66.7 Å². The molecule has 2 atom stereocenters. The smallest absolute Gasteiger partial charge is 0.406 e. The third-order valence-corrected chi connectivity index (χ3v) is 8.57. The molecule has 1 aliphatic heterocycles. The molecule has 3 N–H and O–H groups in total. The molecule has 0 aliphatic carbocycles. The number of methoxy groups -OCH3 is 1. The average Bonchev–Trinajstić information content (AvgIpc) is 3.03. The first kappa shape index (κ1) is 31.5. The lowest BCUT2D eigenvalue weighted by molar-refractivity contribution is -0.0563. The number of likely N-dealkylation sites (tertiary alicyclic amines) is 1. The van der Waals surface area contributed by atoms with Gasteiger partial charge in [0.05, 0.1) is 12.7 Å². The number of nitrogens with one attached hydrogen (secondary N) is 2. The molecule has 0 saturated carbocycles. The van der Waals surface area contributed by atoms with Gasteiger partial charge in [0.15, 0.2) is 0 Å². The van der Waals surface area contributed by atoms with Crippen molar-refractivity contribution in [3.63, 3.8) is 0 Å². The number of aryl methyl sites for hydroxylation is 1. The van der Waals surface area contributed by atoms with E-state index in [-0.39, 0.29) is 11.8 Å². The number of carbonyl (C=O) groups excluding carboxylic acids is 2. The fraction of sp³-hybridized carbons (Fsp3) is 0.412. The van der Waals surface area contributed by atoms with Gasteiger partial charge in [-0.3, -0.25) is 4.79 Å². The number of halogens is 1. The van der Waals surface area contributed by atoms with Gasteiger partial charge in [-0.15, -0.1) is 0 Å². The van der Waals surface area contributed by atoms with E-state index < -0.39 is 11.7 Å². The molecule has 1 saturated heterocycles. The van der Waals surface area contributed by atoms with Crippen LogP contribution in [0, 0.1) is 5.92 Å². The Morgan fingerprint density at radius 3 is 2.57 bits per heavy atom. The molecule has 42 heavy (non-hydrogen) atoms. The van der Waals surface area contributed by atoms with Gasteiger partial charge in [-0.1, -0.05) is 67.1 Å². The zero-order chi connectivity index (χ0) is 30.1. The van der Waals surface area contributed by atoms with Crippen molar-refractivity contribution < 1.29 is 19.4 Å². The fourth-order valence-electron chi connectivity index (χ4n) is 6.01. The van der Waals surface area contributed by atoms with Crippen LogP contribution in [0.4, 0.5) is 4.79 Å². The monoisotopic (exact) mass is 591 g/mol. The fourth-order valence-corrected chi connectivity index (χ4v) is 6.29. The topological polar surface area (TPSA) is 90.9 Å². The summed E-state index contributed by atoms with van der Waals surface area (Å²) in [4.78, 5) is 27.2. The van der Waals surface area contributed by atoms with Crippen LogP contribution in [0.25, 0.3) is 11.1 Å². The largest absolute Gasteiger partial charge is 0.453 e. The molecular weight excluding hydrogens is 550 g/mol. The Morgan fingerprint density at radius 2 is 1.86 bits per heavy atom. The molecule has 1 heterocycles. The molecule has 4 rings (SSSR count). The van der Waals surface area contributed by atoms with Crippen molar-refractivity contribution in [1.29, 1.82) is 0 Å². The van der Waals surface area contributed by atoms with Gasteiger partial charge in [-0.25, -0.2) is 4.79 Å². The van der Waals surface area contributed by atoms with Crippen LogP contribution in [-0.4, -0.2) is 55.8 Å². The van der Waals surface area contributed by atoms with Crippen LogP contribution < -0.4 is 10.6 Å². The highest BCUT2D eigenvalue weighted by atomic mass is 35.5. The zero-order valence-electron chi connectivity index (χ0n) is 24.8. The molecule has 1 fully saturated rings. The maximum atomic E-state index is 13.6. The van der Waals surface area contributed by atoms with Crippen LogP contribution in [0.5, 0.6) is 0 Å². The van der Waals surface area contributed by atoms with Crippen LogP contribution >= 0.6 is 11.6 Å². The van der Waals surface area contributed by atoms with E-state index in [1.807, 2.05) is 66.5 Å².